The lowest BCUT2D eigenvalue weighted by molar-refractivity contribution is 0.309. The molecule has 5 heteroatoms. The van der Waals surface area contributed by atoms with Crippen molar-refractivity contribution in [1.29, 1.82) is 0 Å². The molecule has 0 aliphatic carbocycles. The Morgan fingerprint density at radius 3 is 3.20 bits per heavy atom. The van der Waals surface area contributed by atoms with Crippen LogP contribution in [0, 0.1) is 0 Å². The molecule has 0 fully saturated rings. The lowest BCUT2D eigenvalue weighted by Gasteiger charge is -2.02. The quantitative estimate of drug-likeness (QED) is 0.852. The van der Waals surface area contributed by atoms with E-state index in [2.05, 4.69) is 16.0 Å². The van der Waals surface area contributed by atoms with Gasteiger partial charge in [0.2, 0.25) is 5.88 Å². The third-order valence-corrected chi connectivity index (χ3v) is 2.77. The van der Waals surface area contributed by atoms with Gasteiger partial charge in [0, 0.05) is 11.3 Å². The van der Waals surface area contributed by atoms with E-state index in [4.69, 9.17) is 4.74 Å². The normalized spacial score (nSPS) is 10.1. The largest absolute Gasteiger partial charge is 0.477 e. The first kappa shape index (κ1) is 9.92. The lowest BCUT2D eigenvalue weighted by Crippen LogP contribution is -2.08. The second-order valence-corrected chi connectivity index (χ2v) is 3.96. The molecule has 0 bridgehead atoms. The third kappa shape index (κ3) is 2.92. The average Bonchev–Trinajstić information content (AvgIpc) is 2.71. The van der Waals surface area contributed by atoms with Crippen molar-refractivity contribution in [3.05, 3.63) is 45.1 Å². The van der Waals surface area contributed by atoms with E-state index in [9.17, 15) is 4.79 Å². The minimum Gasteiger partial charge on any atom is -0.477 e. The Morgan fingerprint density at radius 1 is 1.53 bits per heavy atom. The van der Waals surface area contributed by atoms with Crippen LogP contribution in [0.25, 0.3) is 0 Å². The predicted octanol–water partition coefficient (Wildman–Crippen LogP) is 1.45. The van der Waals surface area contributed by atoms with Crippen LogP contribution in [-0.4, -0.2) is 16.6 Å². The number of aromatic amines is 1. The zero-order valence-electron chi connectivity index (χ0n) is 7.97. The highest BCUT2D eigenvalue weighted by atomic mass is 32.1. The Hall–Kier alpha value is -1.62. The van der Waals surface area contributed by atoms with E-state index in [1.54, 1.807) is 11.3 Å². The predicted molar refractivity (Wildman–Crippen MR) is 58.4 cm³/mol. The summed E-state index contributed by atoms with van der Waals surface area (Å²) >= 11 is 1.69. The molecule has 0 aliphatic rings. The maximum absolute atomic E-state index is 10.9. The van der Waals surface area contributed by atoms with Crippen molar-refractivity contribution >= 4 is 11.3 Å². The van der Waals surface area contributed by atoms with Crippen LogP contribution in [0.4, 0.5) is 0 Å². The first-order valence-corrected chi connectivity index (χ1v) is 5.42. The van der Waals surface area contributed by atoms with Gasteiger partial charge in [-0.2, -0.15) is 0 Å². The Bertz CT molecular complexity index is 464. The smallest absolute Gasteiger partial charge is 0.254 e. The van der Waals surface area contributed by atoms with Gasteiger partial charge < -0.3 is 9.72 Å². The fourth-order valence-corrected chi connectivity index (χ4v) is 1.83. The molecule has 0 saturated carbocycles. The van der Waals surface area contributed by atoms with Gasteiger partial charge in [-0.3, -0.25) is 4.79 Å². The molecule has 1 N–H and O–H groups in total. The summed E-state index contributed by atoms with van der Waals surface area (Å²) in [6.45, 7) is 0.539. The minimum atomic E-state index is -0.198. The average molecular weight is 222 g/mol. The molecule has 2 aromatic rings. The molecule has 0 atom stereocenters. The van der Waals surface area contributed by atoms with Gasteiger partial charge in [-0.15, -0.1) is 11.3 Å². The van der Waals surface area contributed by atoms with Gasteiger partial charge >= 0.3 is 0 Å². The molecule has 0 unspecified atom stereocenters. The zero-order valence-corrected chi connectivity index (χ0v) is 8.79. The van der Waals surface area contributed by atoms with Gasteiger partial charge in [0.15, 0.2) is 0 Å². The van der Waals surface area contributed by atoms with Crippen LogP contribution < -0.4 is 10.3 Å². The van der Waals surface area contributed by atoms with E-state index in [1.807, 2.05) is 11.4 Å². The Labute approximate surface area is 90.6 Å². The second kappa shape index (κ2) is 4.75. The highest BCUT2D eigenvalue weighted by Crippen LogP contribution is 2.09. The van der Waals surface area contributed by atoms with Crippen LogP contribution in [0.1, 0.15) is 4.88 Å². The molecule has 2 heterocycles. The highest BCUT2D eigenvalue weighted by Gasteiger charge is 1.97. The molecule has 2 aromatic heterocycles. The Morgan fingerprint density at radius 2 is 2.47 bits per heavy atom. The van der Waals surface area contributed by atoms with Crippen molar-refractivity contribution in [2.24, 2.45) is 0 Å². The maximum Gasteiger partial charge on any atom is 0.254 e. The second-order valence-electron chi connectivity index (χ2n) is 2.93. The molecular weight excluding hydrogens is 212 g/mol. The van der Waals surface area contributed by atoms with Crippen molar-refractivity contribution in [3.8, 4) is 5.88 Å². The molecule has 0 aliphatic heterocycles. The topological polar surface area (TPSA) is 55.0 Å². The van der Waals surface area contributed by atoms with Crippen molar-refractivity contribution in [2.45, 2.75) is 6.42 Å². The van der Waals surface area contributed by atoms with Crippen molar-refractivity contribution < 1.29 is 4.74 Å². The SMILES string of the molecule is O=c1cc(OCCc2cccs2)nc[nH]1. The summed E-state index contributed by atoms with van der Waals surface area (Å²) in [5, 5.41) is 2.03. The van der Waals surface area contributed by atoms with Gasteiger partial charge in [-0.05, 0) is 11.4 Å². The molecule has 0 spiro atoms. The molecule has 0 saturated heterocycles. The number of thiophene rings is 1. The number of aromatic nitrogens is 2. The van der Waals surface area contributed by atoms with Gasteiger partial charge in [0.25, 0.3) is 5.56 Å². The summed E-state index contributed by atoms with van der Waals surface area (Å²) in [4.78, 5) is 18.5. The molecule has 78 valence electrons. The van der Waals surface area contributed by atoms with E-state index in [-0.39, 0.29) is 5.56 Å². The van der Waals surface area contributed by atoms with Crippen molar-refractivity contribution in [1.82, 2.24) is 9.97 Å². The van der Waals surface area contributed by atoms with Gasteiger partial charge in [-0.25, -0.2) is 4.98 Å². The summed E-state index contributed by atoms with van der Waals surface area (Å²) < 4.78 is 5.34. The highest BCUT2D eigenvalue weighted by molar-refractivity contribution is 7.09. The molecule has 15 heavy (non-hydrogen) atoms. The van der Waals surface area contributed by atoms with Crippen LogP contribution in [0.5, 0.6) is 5.88 Å². The summed E-state index contributed by atoms with van der Waals surface area (Å²) in [7, 11) is 0. The summed E-state index contributed by atoms with van der Waals surface area (Å²) in [5.41, 5.74) is -0.198. The first-order valence-electron chi connectivity index (χ1n) is 4.54. The van der Waals surface area contributed by atoms with Crippen LogP contribution in [0.2, 0.25) is 0 Å². The number of nitrogens with zero attached hydrogens (tertiary/aromatic N) is 1. The number of hydrogen-bond acceptors (Lipinski definition) is 4. The first-order chi connectivity index (χ1) is 7.34. The fourth-order valence-electron chi connectivity index (χ4n) is 1.14. The Balaban J connectivity index is 1.86. The number of ether oxygens (including phenoxy) is 1. The van der Waals surface area contributed by atoms with E-state index in [1.165, 1.54) is 17.3 Å². The summed E-state index contributed by atoms with van der Waals surface area (Å²) in [6.07, 6.45) is 2.18. The van der Waals surface area contributed by atoms with E-state index in [0.29, 0.717) is 12.5 Å². The van der Waals surface area contributed by atoms with Gasteiger partial charge in [0.1, 0.15) is 0 Å². The number of hydrogen-bond donors (Lipinski definition) is 1. The van der Waals surface area contributed by atoms with Crippen LogP contribution in [0.15, 0.2) is 34.7 Å². The monoisotopic (exact) mass is 222 g/mol. The van der Waals surface area contributed by atoms with Crippen LogP contribution in [-0.2, 0) is 6.42 Å². The minimum absolute atomic E-state index is 0.198. The van der Waals surface area contributed by atoms with Crippen molar-refractivity contribution in [2.75, 3.05) is 6.61 Å². The van der Waals surface area contributed by atoms with E-state index < -0.39 is 0 Å². The summed E-state index contributed by atoms with van der Waals surface area (Å²) in [5.74, 6) is 0.371. The number of nitrogens with one attached hydrogen (secondary N) is 1. The molecule has 2 rings (SSSR count). The molecule has 0 aromatic carbocycles. The van der Waals surface area contributed by atoms with E-state index >= 15 is 0 Å². The molecule has 4 nitrogen and oxygen atoms in total. The van der Waals surface area contributed by atoms with Crippen LogP contribution in [0.3, 0.4) is 0 Å². The molecule has 0 radical (unpaired) electrons. The van der Waals surface area contributed by atoms with E-state index in [0.717, 1.165) is 6.42 Å². The molecular formula is C10H10N2O2S. The Kier molecular flexibility index (Phi) is 3.14. The maximum atomic E-state index is 10.9. The van der Waals surface area contributed by atoms with Gasteiger partial charge in [-0.1, -0.05) is 6.07 Å². The fraction of sp³-hybridized carbons (Fsp3) is 0.200. The van der Waals surface area contributed by atoms with Gasteiger partial charge in [0.05, 0.1) is 19.0 Å². The standard InChI is InChI=1S/C10H10N2O2S/c13-9-6-10(12-7-11-9)14-4-3-8-2-1-5-15-8/h1-2,5-7H,3-4H2,(H,11,12,13). The summed E-state index contributed by atoms with van der Waals surface area (Å²) in [6, 6.07) is 5.40. The van der Waals surface area contributed by atoms with Crippen LogP contribution >= 0.6 is 11.3 Å². The number of rotatable bonds is 4. The zero-order chi connectivity index (χ0) is 10.5. The molecule has 0 amide bonds. The number of H-pyrrole nitrogens is 1. The van der Waals surface area contributed by atoms with Crippen molar-refractivity contribution in [3.63, 3.8) is 0 Å². The lowest BCUT2D eigenvalue weighted by atomic mass is 10.4. The third-order valence-electron chi connectivity index (χ3n) is 1.83.